The van der Waals surface area contributed by atoms with Crippen LogP contribution in [0, 0.1) is 5.82 Å². The van der Waals surface area contributed by atoms with Gasteiger partial charge in [-0.05, 0) is 19.1 Å². The zero-order chi connectivity index (χ0) is 18.3. The zero-order valence-electron chi connectivity index (χ0n) is 14.0. The number of rotatable bonds is 3. The van der Waals surface area contributed by atoms with Gasteiger partial charge in [-0.2, -0.15) is 0 Å². The summed E-state index contributed by atoms with van der Waals surface area (Å²) in [5.41, 5.74) is 1.18. The Bertz CT molecular complexity index is 1080. The number of hydrogen-bond donors (Lipinski definition) is 0. The molecular weight excluding hydrogens is 355 g/mol. The van der Waals surface area contributed by atoms with E-state index in [4.69, 9.17) is 4.74 Å². The molecule has 7 heteroatoms. The lowest BCUT2D eigenvalue weighted by Gasteiger charge is -2.23. The quantitative estimate of drug-likeness (QED) is 0.661. The van der Waals surface area contributed by atoms with Gasteiger partial charge in [-0.15, -0.1) is 11.8 Å². The van der Waals surface area contributed by atoms with Gasteiger partial charge in [-0.25, -0.2) is 9.18 Å². The second-order valence-electron chi connectivity index (χ2n) is 5.83. The van der Waals surface area contributed by atoms with Crippen molar-refractivity contribution >= 4 is 28.6 Å². The molecule has 0 saturated heterocycles. The van der Waals surface area contributed by atoms with Crippen LogP contribution in [0.3, 0.4) is 0 Å². The Morgan fingerprint density at radius 2 is 2.31 bits per heavy atom. The minimum atomic E-state index is -0.681. The largest absolute Gasteiger partial charge is 0.462 e. The number of thioether (sulfide) groups is 1. The average molecular weight is 370 g/mol. The van der Waals surface area contributed by atoms with Gasteiger partial charge in [0.1, 0.15) is 11.4 Å². The van der Waals surface area contributed by atoms with E-state index in [1.807, 2.05) is 4.57 Å². The van der Waals surface area contributed by atoms with Crippen LogP contribution in [0.4, 0.5) is 4.39 Å². The molecule has 1 aromatic carbocycles. The van der Waals surface area contributed by atoms with Crippen LogP contribution in [0.25, 0.3) is 22.0 Å². The zero-order valence-corrected chi connectivity index (χ0v) is 14.8. The molecule has 2 aromatic heterocycles. The van der Waals surface area contributed by atoms with Crippen LogP contribution in [0.2, 0.25) is 0 Å². The highest BCUT2D eigenvalue weighted by molar-refractivity contribution is 7.99. The molecule has 0 amide bonds. The number of pyridine rings is 2. The fraction of sp³-hybridized carbons (Fsp3) is 0.211. The molecule has 0 radical (unpaired) electrons. The van der Waals surface area contributed by atoms with Gasteiger partial charge in [0, 0.05) is 46.9 Å². The predicted octanol–water partition coefficient (Wildman–Crippen LogP) is 3.49. The first kappa shape index (κ1) is 16.8. The predicted molar refractivity (Wildman–Crippen MR) is 98.1 cm³/mol. The maximum absolute atomic E-state index is 15.0. The van der Waals surface area contributed by atoms with Crippen LogP contribution >= 0.6 is 11.8 Å². The molecule has 0 spiro atoms. The summed E-state index contributed by atoms with van der Waals surface area (Å²) in [5.74, 6) is -0.469. The van der Waals surface area contributed by atoms with Gasteiger partial charge in [0.05, 0.1) is 17.5 Å². The number of aromatic nitrogens is 2. The maximum atomic E-state index is 15.0. The van der Waals surface area contributed by atoms with E-state index in [0.29, 0.717) is 33.8 Å². The SMILES string of the molecule is CCOC(=O)c1cn2c3c(c(-c4cccnc4)c(F)cc3c1=O)SCC2. The highest BCUT2D eigenvalue weighted by atomic mass is 32.2. The molecule has 3 heterocycles. The van der Waals surface area contributed by atoms with Gasteiger partial charge in [0.25, 0.3) is 0 Å². The van der Waals surface area contributed by atoms with Crippen LogP contribution in [-0.4, -0.2) is 27.9 Å². The van der Waals surface area contributed by atoms with Gasteiger partial charge < -0.3 is 9.30 Å². The summed E-state index contributed by atoms with van der Waals surface area (Å²) >= 11 is 1.51. The standard InChI is InChI=1S/C19H15FN2O3S/c1-2-25-19(24)13-10-22-6-7-26-18-15(11-4-3-5-21-9-11)14(20)8-12(16(18)22)17(13)23/h3-5,8-10H,2,6-7H2,1H3. The topological polar surface area (TPSA) is 61.2 Å². The molecule has 26 heavy (non-hydrogen) atoms. The van der Waals surface area contributed by atoms with E-state index < -0.39 is 17.2 Å². The Morgan fingerprint density at radius 1 is 1.46 bits per heavy atom. The van der Waals surface area contributed by atoms with Gasteiger partial charge in [-0.3, -0.25) is 9.78 Å². The molecular formula is C19H15FN2O3S. The van der Waals surface area contributed by atoms with E-state index in [1.54, 1.807) is 31.5 Å². The first-order valence-corrected chi connectivity index (χ1v) is 9.20. The number of hydrogen-bond acceptors (Lipinski definition) is 5. The van der Waals surface area contributed by atoms with Crippen molar-refractivity contribution in [1.82, 2.24) is 9.55 Å². The monoisotopic (exact) mass is 370 g/mol. The van der Waals surface area contributed by atoms with Crippen LogP contribution < -0.4 is 5.43 Å². The van der Waals surface area contributed by atoms with Crippen molar-refractivity contribution in [2.45, 2.75) is 18.4 Å². The Balaban J connectivity index is 2.06. The summed E-state index contributed by atoms with van der Waals surface area (Å²) in [5, 5.41) is 0.197. The molecule has 1 aliphatic rings. The van der Waals surface area contributed by atoms with Gasteiger partial charge >= 0.3 is 5.97 Å². The number of nitrogens with zero attached hydrogens (tertiary/aromatic N) is 2. The highest BCUT2D eigenvalue weighted by Gasteiger charge is 2.25. The molecule has 0 fully saturated rings. The maximum Gasteiger partial charge on any atom is 0.343 e. The molecule has 4 rings (SSSR count). The number of carbonyl (C=O) groups is 1. The van der Waals surface area contributed by atoms with Crippen molar-refractivity contribution in [2.24, 2.45) is 0 Å². The van der Waals surface area contributed by atoms with E-state index in [-0.39, 0.29) is 17.6 Å². The summed E-state index contributed by atoms with van der Waals surface area (Å²) in [6.45, 7) is 2.47. The van der Waals surface area contributed by atoms with Gasteiger partial charge in [-0.1, -0.05) is 6.07 Å². The number of esters is 1. The fourth-order valence-electron chi connectivity index (χ4n) is 3.20. The van der Waals surface area contributed by atoms with E-state index in [2.05, 4.69) is 4.98 Å². The van der Waals surface area contributed by atoms with Crippen molar-refractivity contribution in [1.29, 1.82) is 0 Å². The van der Waals surface area contributed by atoms with Crippen molar-refractivity contribution in [3.63, 3.8) is 0 Å². The third kappa shape index (κ3) is 2.59. The van der Waals surface area contributed by atoms with Crippen LogP contribution in [0.1, 0.15) is 17.3 Å². The average Bonchev–Trinajstić information content (AvgIpc) is 2.65. The molecule has 5 nitrogen and oxygen atoms in total. The van der Waals surface area contributed by atoms with E-state index >= 15 is 0 Å². The Kier molecular flexibility index (Phi) is 4.24. The van der Waals surface area contributed by atoms with Gasteiger partial charge in [0.2, 0.25) is 5.43 Å². The second-order valence-corrected chi connectivity index (χ2v) is 6.94. The molecule has 0 N–H and O–H groups in total. The Morgan fingerprint density at radius 3 is 3.04 bits per heavy atom. The number of halogens is 1. The number of carbonyl (C=O) groups excluding carboxylic acids is 1. The summed E-state index contributed by atoms with van der Waals surface area (Å²) < 4.78 is 21.8. The summed E-state index contributed by atoms with van der Waals surface area (Å²) in [7, 11) is 0. The van der Waals surface area contributed by atoms with Crippen LogP contribution in [0.5, 0.6) is 0 Å². The smallest absolute Gasteiger partial charge is 0.343 e. The number of aryl methyl sites for hydroxylation is 1. The van der Waals surface area contributed by atoms with E-state index in [0.717, 1.165) is 0 Å². The van der Waals surface area contributed by atoms with Crippen molar-refractivity contribution in [2.75, 3.05) is 12.4 Å². The van der Waals surface area contributed by atoms with Crippen LogP contribution in [-0.2, 0) is 11.3 Å². The minimum absolute atomic E-state index is 0.0641. The molecule has 0 bridgehead atoms. The second kappa shape index (κ2) is 6.57. The fourth-order valence-corrected chi connectivity index (χ4v) is 4.41. The van der Waals surface area contributed by atoms with E-state index in [9.17, 15) is 14.0 Å². The van der Waals surface area contributed by atoms with Crippen molar-refractivity contribution < 1.29 is 13.9 Å². The molecule has 132 valence electrons. The summed E-state index contributed by atoms with van der Waals surface area (Å²) in [4.78, 5) is 29.7. The lowest BCUT2D eigenvalue weighted by molar-refractivity contribution is 0.0524. The normalized spacial score (nSPS) is 13.0. The first-order chi connectivity index (χ1) is 12.6. The van der Waals surface area contributed by atoms with Crippen LogP contribution in [0.15, 0.2) is 46.5 Å². The highest BCUT2D eigenvalue weighted by Crippen LogP contribution is 2.41. The number of benzene rings is 1. The molecule has 3 aromatic rings. The molecule has 0 saturated carbocycles. The van der Waals surface area contributed by atoms with Crippen molar-refractivity contribution in [3.8, 4) is 11.1 Å². The Hall–Kier alpha value is -2.67. The summed E-state index contributed by atoms with van der Waals surface area (Å²) in [6.07, 6.45) is 4.75. The molecule has 0 atom stereocenters. The molecule has 1 aliphatic heterocycles. The van der Waals surface area contributed by atoms with Crippen molar-refractivity contribution in [3.05, 3.63) is 58.4 Å². The third-order valence-electron chi connectivity index (χ3n) is 4.29. The lowest BCUT2D eigenvalue weighted by atomic mass is 10.0. The third-order valence-corrected chi connectivity index (χ3v) is 5.37. The van der Waals surface area contributed by atoms with Gasteiger partial charge in [0.15, 0.2) is 0 Å². The Labute approximate surface area is 152 Å². The lowest BCUT2D eigenvalue weighted by Crippen LogP contribution is -2.23. The first-order valence-electron chi connectivity index (χ1n) is 8.21. The van der Waals surface area contributed by atoms with E-state index in [1.165, 1.54) is 24.0 Å². The molecule has 0 unspecified atom stereocenters. The molecule has 0 aliphatic carbocycles. The summed E-state index contributed by atoms with van der Waals surface area (Å²) in [6, 6.07) is 4.75. The number of ether oxygens (including phenoxy) is 1. The minimum Gasteiger partial charge on any atom is -0.462 e.